The van der Waals surface area contributed by atoms with Gasteiger partial charge in [-0.15, -0.1) is 0 Å². The SMILES string of the molecule is CCOCc1nc2c(N)nc3ccccc3c2n1CC1(NS(C)(=O)=O)CCC1. The molecule has 8 nitrogen and oxygen atoms in total. The minimum atomic E-state index is -3.33. The van der Waals surface area contributed by atoms with Crippen molar-refractivity contribution < 1.29 is 13.2 Å². The van der Waals surface area contributed by atoms with Gasteiger partial charge in [0, 0.05) is 18.5 Å². The van der Waals surface area contributed by atoms with Crippen LogP contribution < -0.4 is 10.5 Å². The summed E-state index contributed by atoms with van der Waals surface area (Å²) in [5.74, 6) is 1.09. The third-order valence-electron chi connectivity index (χ3n) is 5.30. The van der Waals surface area contributed by atoms with Gasteiger partial charge in [-0.05, 0) is 32.3 Å². The summed E-state index contributed by atoms with van der Waals surface area (Å²) in [6.45, 7) is 3.29. The molecule has 0 saturated heterocycles. The largest absolute Gasteiger partial charge is 0.382 e. The fourth-order valence-electron chi connectivity index (χ4n) is 3.97. The lowest BCUT2D eigenvalue weighted by molar-refractivity contribution is 0.121. The van der Waals surface area contributed by atoms with E-state index >= 15 is 0 Å². The summed E-state index contributed by atoms with van der Waals surface area (Å²) >= 11 is 0. The predicted octanol–water partition coefficient (Wildman–Crippen LogP) is 2.18. The molecule has 28 heavy (non-hydrogen) atoms. The number of aromatic nitrogens is 3. The Morgan fingerprint density at radius 1 is 1.29 bits per heavy atom. The normalized spacial score (nSPS) is 16.5. The molecule has 2 heterocycles. The van der Waals surface area contributed by atoms with Crippen molar-refractivity contribution >= 4 is 37.8 Å². The molecule has 3 N–H and O–H groups in total. The Morgan fingerprint density at radius 3 is 2.68 bits per heavy atom. The molecule has 9 heteroatoms. The van der Waals surface area contributed by atoms with Gasteiger partial charge in [0.2, 0.25) is 10.0 Å². The topological polar surface area (TPSA) is 112 Å². The first-order valence-corrected chi connectivity index (χ1v) is 11.3. The van der Waals surface area contributed by atoms with E-state index in [9.17, 15) is 8.42 Å². The molecule has 0 unspecified atom stereocenters. The summed E-state index contributed by atoms with van der Waals surface area (Å²) in [7, 11) is -3.33. The summed E-state index contributed by atoms with van der Waals surface area (Å²) in [6.07, 6.45) is 3.76. The number of hydrogen-bond acceptors (Lipinski definition) is 6. The van der Waals surface area contributed by atoms with Crippen molar-refractivity contribution in [2.45, 2.75) is 44.9 Å². The van der Waals surface area contributed by atoms with Gasteiger partial charge in [-0.25, -0.2) is 23.1 Å². The van der Waals surface area contributed by atoms with E-state index in [2.05, 4.69) is 14.3 Å². The number of nitrogens with one attached hydrogen (secondary N) is 1. The molecule has 1 aliphatic carbocycles. The maximum absolute atomic E-state index is 12.0. The van der Waals surface area contributed by atoms with Gasteiger partial charge >= 0.3 is 0 Å². The van der Waals surface area contributed by atoms with E-state index in [4.69, 9.17) is 15.5 Å². The number of hydrogen-bond donors (Lipinski definition) is 2. The second kappa shape index (κ2) is 6.98. The lowest BCUT2D eigenvalue weighted by Gasteiger charge is -2.42. The Balaban J connectivity index is 1.91. The van der Waals surface area contributed by atoms with Crippen molar-refractivity contribution in [2.75, 3.05) is 18.6 Å². The Labute approximate surface area is 164 Å². The van der Waals surface area contributed by atoms with Crippen molar-refractivity contribution in [3.05, 3.63) is 30.1 Å². The number of para-hydroxylation sites is 1. The second-order valence-electron chi connectivity index (χ2n) is 7.47. The maximum atomic E-state index is 12.0. The van der Waals surface area contributed by atoms with Crippen molar-refractivity contribution in [1.29, 1.82) is 0 Å². The first-order valence-electron chi connectivity index (χ1n) is 9.42. The number of nitrogens with zero attached hydrogens (tertiary/aromatic N) is 3. The second-order valence-corrected chi connectivity index (χ2v) is 9.22. The van der Waals surface area contributed by atoms with Crippen LogP contribution in [0.2, 0.25) is 0 Å². The van der Waals surface area contributed by atoms with Crippen LogP contribution in [0.4, 0.5) is 5.82 Å². The number of benzene rings is 1. The summed E-state index contributed by atoms with van der Waals surface area (Å²) in [6, 6.07) is 7.77. The molecule has 0 atom stereocenters. The maximum Gasteiger partial charge on any atom is 0.209 e. The lowest BCUT2D eigenvalue weighted by atomic mass is 9.77. The van der Waals surface area contributed by atoms with Gasteiger partial charge in [-0.1, -0.05) is 18.2 Å². The zero-order chi connectivity index (χ0) is 19.9. The van der Waals surface area contributed by atoms with Gasteiger partial charge < -0.3 is 15.0 Å². The molecular formula is C19H25N5O3S. The Kier molecular flexibility index (Phi) is 4.76. The first-order chi connectivity index (χ1) is 13.3. The molecule has 0 radical (unpaired) electrons. The van der Waals surface area contributed by atoms with Gasteiger partial charge in [0.1, 0.15) is 17.9 Å². The van der Waals surface area contributed by atoms with Crippen molar-refractivity contribution in [1.82, 2.24) is 19.3 Å². The molecule has 1 saturated carbocycles. The molecule has 0 bridgehead atoms. The number of nitrogen functional groups attached to an aromatic ring is 1. The van der Waals surface area contributed by atoms with Gasteiger partial charge in [0.25, 0.3) is 0 Å². The summed E-state index contributed by atoms with van der Waals surface area (Å²) < 4.78 is 34.5. The van der Waals surface area contributed by atoms with Crippen LogP contribution in [0.5, 0.6) is 0 Å². The minimum Gasteiger partial charge on any atom is -0.382 e. The predicted molar refractivity (Wildman–Crippen MR) is 109 cm³/mol. The molecule has 4 rings (SSSR count). The van der Waals surface area contributed by atoms with E-state index < -0.39 is 15.6 Å². The number of sulfonamides is 1. The summed E-state index contributed by atoms with van der Waals surface area (Å²) in [4.78, 5) is 9.19. The standard InChI is InChI=1S/C19H25N5O3S/c1-3-27-11-15-22-16-17(13-7-4-5-8-14(13)21-18(16)20)24(15)12-19(9-6-10-19)23-28(2,25)26/h4-5,7-8,23H,3,6,9-12H2,1-2H3,(H2,20,21). The molecule has 2 aromatic heterocycles. The first kappa shape index (κ1) is 19.1. The average Bonchev–Trinajstić information content (AvgIpc) is 2.96. The molecule has 0 aliphatic heterocycles. The molecule has 0 amide bonds. The van der Waals surface area contributed by atoms with Crippen LogP contribution >= 0.6 is 0 Å². The molecular weight excluding hydrogens is 378 g/mol. The van der Waals surface area contributed by atoms with Gasteiger partial charge in [-0.2, -0.15) is 0 Å². The van der Waals surface area contributed by atoms with Crippen molar-refractivity contribution in [3.63, 3.8) is 0 Å². The smallest absolute Gasteiger partial charge is 0.209 e. The number of ether oxygens (including phenoxy) is 1. The van der Waals surface area contributed by atoms with Crippen LogP contribution in [0.25, 0.3) is 21.9 Å². The highest BCUT2D eigenvalue weighted by atomic mass is 32.2. The van der Waals surface area contributed by atoms with Gasteiger partial charge in [0.05, 0.1) is 22.8 Å². The molecule has 3 aromatic rings. The number of rotatable bonds is 7. The lowest BCUT2D eigenvalue weighted by Crippen LogP contribution is -2.55. The van der Waals surface area contributed by atoms with Crippen LogP contribution in [-0.4, -0.2) is 41.4 Å². The van der Waals surface area contributed by atoms with E-state index in [1.54, 1.807) is 0 Å². The van der Waals surface area contributed by atoms with Crippen molar-refractivity contribution in [3.8, 4) is 0 Å². The van der Waals surface area contributed by atoms with Crippen molar-refractivity contribution in [2.24, 2.45) is 0 Å². The van der Waals surface area contributed by atoms with Gasteiger partial charge in [0.15, 0.2) is 5.82 Å². The molecule has 150 valence electrons. The van der Waals surface area contributed by atoms with Crippen LogP contribution in [0.1, 0.15) is 32.0 Å². The number of anilines is 1. The average molecular weight is 404 g/mol. The fraction of sp³-hybridized carbons (Fsp3) is 0.474. The van der Waals surface area contributed by atoms with E-state index in [0.717, 1.165) is 41.5 Å². The van der Waals surface area contributed by atoms with E-state index in [1.807, 2.05) is 31.2 Å². The molecule has 1 fully saturated rings. The van der Waals surface area contributed by atoms with E-state index in [-0.39, 0.29) is 0 Å². The molecule has 1 aliphatic rings. The third-order valence-corrected chi connectivity index (χ3v) is 6.10. The van der Waals surface area contributed by atoms with Crippen LogP contribution in [0.3, 0.4) is 0 Å². The summed E-state index contributed by atoms with van der Waals surface area (Å²) in [5.41, 5.74) is 7.98. The van der Waals surface area contributed by atoms with Crippen LogP contribution in [0, 0.1) is 0 Å². The van der Waals surface area contributed by atoms with Crippen LogP contribution in [0.15, 0.2) is 24.3 Å². The Hall–Kier alpha value is -2.23. The van der Waals surface area contributed by atoms with Gasteiger partial charge in [-0.3, -0.25) is 0 Å². The number of imidazole rings is 1. The molecule has 0 spiro atoms. The highest BCUT2D eigenvalue weighted by Gasteiger charge is 2.40. The highest BCUT2D eigenvalue weighted by molar-refractivity contribution is 7.88. The minimum absolute atomic E-state index is 0.327. The zero-order valence-electron chi connectivity index (χ0n) is 16.1. The molecule has 1 aromatic carbocycles. The number of nitrogens with two attached hydrogens (primary N) is 1. The number of pyridine rings is 1. The highest BCUT2D eigenvalue weighted by Crippen LogP contribution is 2.37. The summed E-state index contributed by atoms with van der Waals surface area (Å²) in [5, 5.41) is 0.941. The Morgan fingerprint density at radius 2 is 2.04 bits per heavy atom. The fourth-order valence-corrected chi connectivity index (χ4v) is 5.03. The number of fused-ring (bicyclic) bond motifs is 3. The zero-order valence-corrected chi connectivity index (χ0v) is 16.9. The van der Waals surface area contributed by atoms with Crippen LogP contribution in [-0.2, 0) is 27.9 Å². The Bertz CT molecular complexity index is 1140. The monoisotopic (exact) mass is 403 g/mol. The van der Waals surface area contributed by atoms with E-state index in [0.29, 0.717) is 31.1 Å². The third kappa shape index (κ3) is 3.45. The van der Waals surface area contributed by atoms with E-state index in [1.165, 1.54) is 6.26 Å². The quantitative estimate of drug-likeness (QED) is 0.625.